The van der Waals surface area contributed by atoms with Crippen molar-refractivity contribution in [3.8, 4) is 0 Å². The topological polar surface area (TPSA) is 18.5 Å². The van der Waals surface area contributed by atoms with Crippen LogP contribution in [0, 0.1) is 0 Å². The fourth-order valence-electron chi connectivity index (χ4n) is 2.53. The number of methoxy groups -OCH3 is 2. The Hall–Kier alpha value is -1.64. The minimum Gasteiger partial charge on any atom is -0.384 e. The third kappa shape index (κ3) is 3.92. The van der Waals surface area contributed by atoms with E-state index in [9.17, 15) is 0 Å². The van der Waals surface area contributed by atoms with Crippen molar-refractivity contribution in [2.24, 2.45) is 0 Å². The molecule has 0 heterocycles. The Labute approximate surface area is 121 Å². The van der Waals surface area contributed by atoms with Crippen LogP contribution in [0.1, 0.15) is 17.0 Å². The van der Waals surface area contributed by atoms with Crippen LogP contribution in [-0.2, 0) is 15.9 Å². The minimum absolute atomic E-state index is 0.111. The van der Waals surface area contributed by atoms with Crippen LogP contribution in [-0.4, -0.2) is 26.9 Å². The summed E-state index contributed by atoms with van der Waals surface area (Å²) in [6, 6.07) is 20.9. The summed E-state index contributed by atoms with van der Waals surface area (Å²) >= 11 is 0. The van der Waals surface area contributed by atoms with Crippen molar-refractivity contribution >= 4 is 0 Å². The lowest BCUT2D eigenvalue weighted by atomic mass is 9.90. The quantitative estimate of drug-likeness (QED) is 0.764. The fraction of sp³-hybridized carbons (Fsp3) is 0.333. The van der Waals surface area contributed by atoms with Crippen molar-refractivity contribution in [2.75, 3.05) is 20.8 Å². The van der Waals surface area contributed by atoms with Gasteiger partial charge in [0.2, 0.25) is 0 Å². The van der Waals surface area contributed by atoms with Gasteiger partial charge in [0, 0.05) is 20.1 Å². The van der Waals surface area contributed by atoms with Crippen molar-refractivity contribution in [1.82, 2.24) is 0 Å². The molecule has 106 valence electrons. The van der Waals surface area contributed by atoms with E-state index in [-0.39, 0.29) is 12.0 Å². The molecule has 2 rings (SSSR count). The number of ether oxygens (including phenoxy) is 2. The highest BCUT2D eigenvalue weighted by Crippen LogP contribution is 2.24. The van der Waals surface area contributed by atoms with Gasteiger partial charge in [-0.25, -0.2) is 0 Å². The lowest BCUT2D eigenvalue weighted by molar-refractivity contribution is 0.0459. The molecule has 0 saturated carbocycles. The molecule has 2 aromatic rings. The monoisotopic (exact) mass is 270 g/mol. The first kappa shape index (κ1) is 14.8. The standard InChI is InChI=1S/C18H22O2/c1-19-14-17(16-11-7-4-8-12-16)18(20-2)13-15-9-5-3-6-10-15/h3-12,17-18H,13-14H2,1-2H3. The fourth-order valence-corrected chi connectivity index (χ4v) is 2.53. The second-order valence-corrected chi connectivity index (χ2v) is 4.94. The molecule has 2 unspecified atom stereocenters. The van der Waals surface area contributed by atoms with Crippen molar-refractivity contribution < 1.29 is 9.47 Å². The molecule has 2 aromatic carbocycles. The number of hydrogen-bond donors (Lipinski definition) is 0. The maximum Gasteiger partial charge on any atom is 0.0702 e. The second-order valence-electron chi connectivity index (χ2n) is 4.94. The number of hydrogen-bond acceptors (Lipinski definition) is 2. The first-order valence-electron chi connectivity index (χ1n) is 6.95. The lowest BCUT2D eigenvalue weighted by Crippen LogP contribution is -2.27. The van der Waals surface area contributed by atoms with Gasteiger partial charge in [-0.05, 0) is 17.5 Å². The van der Waals surface area contributed by atoms with Gasteiger partial charge in [0.15, 0.2) is 0 Å². The van der Waals surface area contributed by atoms with Gasteiger partial charge < -0.3 is 9.47 Å². The molecule has 2 heteroatoms. The number of benzene rings is 2. The Balaban J connectivity index is 2.17. The Morgan fingerprint density at radius 2 is 1.45 bits per heavy atom. The van der Waals surface area contributed by atoms with Gasteiger partial charge >= 0.3 is 0 Å². The third-order valence-electron chi connectivity index (χ3n) is 3.61. The van der Waals surface area contributed by atoms with Gasteiger partial charge in [-0.15, -0.1) is 0 Å². The van der Waals surface area contributed by atoms with Crippen LogP contribution in [0.15, 0.2) is 60.7 Å². The molecular weight excluding hydrogens is 248 g/mol. The molecule has 0 aromatic heterocycles. The maximum absolute atomic E-state index is 5.74. The van der Waals surface area contributed by atoms with Crippen LogP contribution in [0.25, 0.3) is 0 Å². The smallest absolute Gasteiger partial charge is 0.0702 e. The molecule has 0 N–H and O–H groups in total. The van der Waals surface area contributed by atoms with Crippen molar-refractivity contribution in [1.29, 1.82) is 0 Å². The molecule has 0 aliphatic heterocycles. The summed E-state index contributed by atoms with van der Waals surface area (Å²) in [6.07, 6.45) is 1.00. The van der Waals surface area contributed by atoms with Crippen molar-refractivity contribution in [3.05, 3.63) is 71.8 Å². The zero-order valence-electron chi connectivity index (χ0n) is 12.2. The van der Waals surface area contributed by atoms with Gasteiger partial charge in [-0.1, -0.05) is 60.7 Å². The molecule has 0 aliphatic carbocycles. The van der Waals surface area contributed by atoms with E-state index in [1.807, 2.05) is 12.1 Å². The van der Waals surface area contributed by atoms with Gasteiger partial charge in [0.05, 0.1) is 12.7 Å². The summed E-state index contributed by atoms with van der Waals surface area (Å²) in [5.41, 5.74) is 2.55. The van der Waals surface area contributed by atoms with Crippen LogP contribution < -0.4 is 0 Å². The van der Waals surface area contributed by atoms with E-state index in [1.54, 1.807) is 14.2 Å². The van der Waals surface area contributed by atoms with Crippen LogP contribution in [0.5, 0.6) is 0 Å². The summed E-state index contributed by atoms with van der Waals surface area (Å²) in [7, 11) is 3.52. The van der Waals surface area contributed by atoms with E-state index in [2.05, 4.69) is 48.5 Å². The largest absolute Gasteiger partial charge is 0.384 e. The molecule has 0 radical (unpaired) electrons. The molecular formula is C18H22O2. The highest BCUT2D eigenvalue weighted by Gasteiger charge is 2.23. The first-order valence-corrected chi connectivity index (χ1v) is 6.95. The molecule has 20 heavy (non-hydrogen) atoms. The maximum atomic E-state index is 5.74. The van der Waals surface area contributed by atoms with Gasteiger partial charge in [0.25, 0.3) is 0 Å². The van der Waals surface area contributed by atoms with E-state index < -0.39 is 0 Å². The molecule has 0 fully saturated rings. The van der Waals surface area contributed by atoms with Gasteiger partial charge in [-0.2, -0.15) is 0 Å². The van der Waals surface area contributed by atoms with Crippen molar-refractivity contribution in [2.45, 2.75) is 18.4 Å². The summed E-state index contributed by atoms with van der Waals surface area (Å²) < 4.78 is 11.1. The average Bonchev–Trinajstić information content (AvgIpc) is 2.52. The molecule has 0 saturated heterocycles. The summed E-state index contributed by atoms with van der Waals surface area (Å²) in [6.45, 7) is 0.662. The Kier molecular flexibility index (Phi) is 5.78. The Morgan fingerprint density at radius 1 is 0.850 bits per heavy atom. The normalized spacial score (nSPS) is 13.9. The molecule has 0 spiro atoms. The van der Waals surface area contributed by atoms with Crippen LogP contribution in [0.2, 0.25) is 0 Å². The molecule has 0 amide bonds. The summed E-state index contributed by atoms with van der Waals surface area (Å²) in [5.74, 6) is 0.242. The molecule has 2 nitrogen and oxygen atoms in total. The predicted molar refractivity (Wildman–Crippen MR) is 82.0 cm³/mol. The van der Waals surface area contributed by atoms with E-state index in [0.717, 1.165) is 6.42 Å². The van der Waals surface area contributed by atoms with Crippen LogP contribution in [0.3, 0.4) is 0 Å². The Morgan fingerprint density at radius 3 is 2.00 bits per heavy atom. The highest BCUT2D eigenvalue weighted by molar-refractivity contribution is 5.23. The molecule has 0 aliphatic rings. The van der Waals surface area contributed by atoms with E-state index >= 15 is 0 Å². The average molecular weight is 270 g/mol. The lowest BCUT2D eigenvalue weighted by Gasteiger charge is -2.26. The number of rotatable bonds is 7. The van der Waals surface area contributed by atoms with Gasteiger partial charge in [0.1, 0.15) is 0 Å². The van der Waals surface area contributed by atoms with Crippen LogP contribution in [0.4, 0.5) is 0 Å². The van der Waals surface area contributed by atoms with E-state index in [1.165, 1.54) is 11.1 Å². The predicted octanol–water partition coefficient (Wildman–Crippen LogP) is 3.67. The highest BCUT2D eigenvalue weighted by atomic mass is 16.5. The van der Waals surface area contributed by atoms with Crippen LogP contribution >= 0.6 is 0 Å². The second kappa shape index (κ2) is 7.83. The SMILES string of the molecule is COCC(c1ccccc1)C(Cc1ccccc1)OC. The Bertz CT molecular complexity index is 481. The summed E-state index contributed by atoms with van der Waals surface area (Å²) in [4.78, 5) is 0. The third-order valence-corrected chi connectivity index (χ3v) is 3.61. The van der Waals surface area contributed by atoms with E-state index in [4.69, 9.17) is 9.47 Å². The zero-order valence-corrected chi connectivity index (χ0v) is 12.2. The first-order chi connectivity index (χ1) is 9.85. The van der Waals surface area contributed by atoms with E-state index in [0.29, 0.717) is 6.61 Å². The van der Waals surface area contributed by atoms with Crippen molar-refractivity contribution in [3.63, 3.8) is 0 Å². The van der Waals surface area contributed by atoms with Gasteiger partial charge in [-0.3, -0.25) is 0 Å². The molecule has 0 bridgehead atoms. The summed E-state index contributed by atoms with van der Waals surface area (Å²) in [5, 5.41) is 0. The zero-order chi connectivity index (χ0) is 14.2. The minimum atomic E-state index is 0.111. The molecule has 2 atom stereocenters.